The van der Waals surface area contributed by atoms with E-state index in [9.17, 15) is 19.5 Å². The average molecular weight is 514 g/mol. The summed E-state index contributed by atoms with van der Waals surface area (Å²) in [5, 5.41) is 9.39. The number of ketones is 1. The van der Waals surface area contributed by atoms with Crippen molar-refractivity contribution in [2.24, 2.45) is 34.8 Å². The van der Waals surface area contributed by atoms with Crippen LogP contribution in [0.1, 0.15) is 118 Å². The molecule has 36 heavy (non-hydrogen) atoms. The van der Waals surface area contributed by atoms with Gasteiger partial charge in [0, 0.05) is 13.0 Å². The highest BCUT2D eigenvalue weighted by Gasteiger charge is 2.45. The Hall–Kier alpha value is -1.55. The van der Waals surface area contributed by atoms with E-state index in [1.165, 1.54) is 58.3 Å². The van der Waals surface area contributed by atoms with Crippen LogP contribution in [0.15, 0.2) is 0 Å². The Morgan fingerprint density at radius 3 is 1.64 bits per heavy atom. The zero-order valence-corrected chi connectivity index (χ0v) is 23.3. The van der Waals surface area contributed by atoms with E-state index < -0.39 is 35.5 Å². The lowest BCUT2D eigenvalue weighted by molar-refractivity contribution is -0.151. The van der Waals surface area contributed by atoms with Gasteiger partial charge >= 0.3 is 5.97 Å². The van der Waals surface area contributed by atoms with E-state index in [0.29, 0.717) is 13.0 Å². The van der Waals surface area contributed by atoms with Crippen molar-refractivity contribution in [2.75, 3.05) is 6.54 Å². The summed E-state index contributed by atoms with van der Waals surface area (Å²) >= 11 is 0. The molecule has 0 saturated heterocycles. The molecule has 0 spiro atoms. The third-order valence-electron chi connectivity index (χ3n) is 7.04. The van der Waals surface area contributed by atoms with Crippen LogP contribution in [-0.4, -0.2) is 52.1 Å². The lowest BCUT2D eigenvalue weighted by Crippen LogP contribution is -2.65. The summed E-state index contributed by atoms with van der Waals surface area (Å²) < 4.78 is 0. The first-order valence-corrected chi connectivity index (χ1v) is 14.0. The largest absolute Gasteiger partial charge is 0.479 e. The number of aliphatic carboxylic acids is 1. The van der Waals surface area contributed by atoms with Crippen molar-refractivity contribution in [1.29, 1.82) is 0 Å². The minimum absolute atomic E-state index is 0.121. The Balaban J connectivity index is 4.98. The van der Waals surface area contributed by atoms with Crippen LogP contribution >= 0.6 is 0 Å². The standard InChI is InChI=1S/C27H55N5O4/c1-5-6-7-8-9-10-11-12-13-14-15-16-19-32(23(33)18-17-22(28)29)24(20(2)3)25(34)21(4)27(30,31)26(35)36/h20-22,24H,5-19,28-31H2,1-4H3,(H,35,36)/t21?,24-/m0/s1. The molecule has 0 aliphatic heterocycles. The van der Waals surface area contributed by atoms with Crippen LogP contribution in [0.25, 0.3) is 0 Å². The zero-order chi connectivity index (χ0) is 27.7. The molecular weight excluding hydrogens is 458 g/mol. The maximum absolute atomic E-state index is 13.4. The molecule has 0 bridgehead atoms. The highest BCUT2D eigenvalue weighted by Crippen LogP contribution is 2.23. The minimum Gasteiger partial charge on any atom is -0.479 e. The summed E-state index contributed by atoms with van der Waals surface area (Å²) in [6, 6.07) is -0.819. The van der Waals surface area contributed by atoms with Crippen molar-refractivity contribution in [2.45, 2.75) is 135 Å². The first-order chi connectivity index (χ1) is 16.9. The van der Waals surface area contributed by atoms with Gasteiger partial charge in [0.2, 0.25) is 5.91 Å². The second kappa shape index (κ2) is 18.7. The van der Waals surface area contributed by atoms with E-state index in [1.54, 1.807) is 4.90 Å². The van der Waals surface area contributed by atoms with Crippen molar-refractivity contribution >= 4 is 17.7 Å². The third-order valence-corrected chi connectivity index (χ3v) is 7.04. The number of rotatable bonds is 22. The van der Waals surface area contributed by atoms with E-state index in [4.69, 9.17) is 22.9 Å². The minimum atomic E-state index is -2.21. The van der Waals surface area contributed by atoms with Crippen molar-refractivity contribution in [3.8, 4) is 0 Å². The number of unbranched alkanes of at least 4 members (excludes halogenated alkanes) is 11. The fourth-order valence-electron chi connectivity index (χ4n) is 4.49. The van der Waals surface area contributed by atoms with E-state index in [0.717, 1.165) is 25.7 Å². The van der Waals surface area contributed by atoms with Crippen LogP contribution in [0.3, 0.4) is 0 Å². The van der Waals surface area contributed by atoms with Crippen LogP contribution in [0.2, 0.25) is 0 Å². The van der Waals surface area contributed by atoms with Crippen molar-refractivity contribution in [3.63, 3.8) is 0 Å². The van der Waals surface area contributed by atoms with Gasteiger partial charge in [0.05, 0.1) is 18.1 Å². The van der Waals surface area contributed by atoms with Gasteiger partial charge in [-0.1, -0.05) is 98.3 Å². The van der Waals surface area contributed by atoms with E-state index in [-0.39, 0.29) is 18.2 Å². The number of carboxylic acids is 1. The van der Waals surface area contributed by atoms with Gasteiger partial charge in [-0.3, -0.25) is 9.59 Å². The quantitative estimate of drug-likeness (QED) is 0.108. The molecule has 9 nitrogen and oxygen atoms in total. The molecule has 9 heteroatoms. The van der Waals surface area contributed by atoms with Crippen molar-refractivity contribution in [1.82, 2.24) is 4.90 Å². The van der Waals surface area contributed by atoms with Crippen LogP contribution in [-0.2, 0) is 14.4 Å². The molecular formula is C27H55N5O4. The Morgan fingerprint density at radius 2 is 1.25 bits per heavy atom. The summed E-state index contributed by atoms with van der Waals surface area (Å²) in [4.78, 5) is 39.6. The first-order valence-electron chi connectivity index (χ1n) is 14.0. The SMILES string of the molecule is CCCCCCCCCCCCCCN(C(=O)CCC(N)N)[C@H](C(=O)C(C)C(N)(N)C(=O)O)C(C)C. The topological polar surface area (TPSA) is 179 Å². The number of nitrogens with zero attached hydrogens (tertiary/aromatic N) is 1. The number of hydrogen-bond donors (Lipinski definition) is 5. The van der Waals surface area contributed by atoms with E-state index in [2.05, 4.69) is 6.92 Å². The van der Waals surface area contributed by atoms with Crippen LogP contribution in [0, 0.1) is 11.8 Å². The lowest BCUT2D eigenvalue weighted by Gasteiger charge is -2.37. The molecule has 0 rings (SSSR count). The highest BCUT2D eigenvalue weighted by molar-refractivity contribution is 5.95. The summed E-state index contributed by atoms with van der Waals surface area (Å²) in [7, 11) is 0. The van der Waals surface area contributed by atoms with Gasteiger partial charge in [-0.05, 0) is 18.8 Å². The molecule has 212 valence electrons. The van der Waals surface area contributed by atoms with E-state index in [1.807, 2.05) is 13.8 Å². The summed E-state index contributed by atoms with van der Waals surface area (Å²) in [5.74, 6) is -3.53. The van der Waals surface area contributed by atoms with Gasteiger partial charge in [0.15, 0.2) is 11.4 Å². The molecule has 0 aromatic heterocycles. The Bertz CT molecular complexity index is 640. The molecule has 0 aromatic rings. The third kappa shape index (κ3) is 13.1. The fourth-order valence-corrected chi connectivity index (χ4v) is 4.49. The van der Waals surface area contributed by atoms with Gasteiger partial charge < -0.3 is 32.9 Å². The molecule has 1 unspecified atom stereocenters. The van der Waals surface area contributed by atoms with Crippen molar-refractivity contribution < 1.29 is 19.5 Å². The molecule has 0 aliphatic carbocycles. The Morgan fingerprint density at radius 1 is 0.806 bits per heavy atom. The molecule has 0 fully saturated rings. The smallest absolute Gasteiger partial charge is 0.339 e. The van der Waals surface area contributed by atoms with Gasteiger partial charge in [-0.25, -0.2) is 4.79 Å². The highest BCUT2D eigenvalue weighted by atomic mass is 16.4. The number of carboxylic acid groups (broad SMARTS) is 1. The number of carbonyl (C=O) groups excluding carboxylic acids is 2. The monoisotopic (exact) mass is 513 g/mol. The number of hydrogen-bond acceptors (Lipinski definition) is 7. The second-order valence-electron chi connectivity index (χ2n) is 10.7. The average Bonchev–Trinajstić information content (AvgIpc) is 2.81. The Kier molecular flexibility index (Phi) is 17.9. The molecule has 0 saturated carbocycles. The fraction of sp³-hybridized carbons (Fsp3) is 0.889. The molecule has 0 aliphatic rings. The molecule has 0 radical (unpaired) electrons. The Labute approximate surface area is 219 Å². The van der Waals surface area contributed by atoms with Gasteiger partial charge in [-0.15, -0.1) is 0 Å². The normalized spacial score (nSPS) is 13.7. The van der Waals surface area contributed by atoms with Gasteiger partial charge in [0.1, 0.15) is 0 Å². The first kappa shape index (κ1) is 34.5. The molecule has 0 aromatic carbocycles. The number of amides is 1. The van der Waals surface area contributed by atoms with Crippen LogP contribution in [0.4, 0.5) is 0 Å². The van der Waals surface area contributed by atoms with Crippen LogP contribution in [0.5, 0.6) is 0 Å². The van der Waals surface area contributed by atoms with Crippen LogP contribution < -0.4 is 22.9 Å². The van der Waals surface area contributed by atoms with Gasteiger partial charge in [-0.2, -0.15) is 0 Å². The van der Waals surface area contributed by atoms with Crippen molar-refractivity contribution in [3.05, 3.63) is 0 Å². The molecule has 0 heterocycles. The second-order valence-corrected chi connectivity index (χ2v) is 10.7. The predicted molar refractivity (Wildman–Crippen MR) is 146 cm³/mol. The van der Waals surface area contributed by atoms with E-state index >= 15 is 0 Å². The summed E-state index contributed by atoms with van der Waals surface area (Å²) in [6.45, 7) is 7.72. The number of Topliss-reactive ketones (excluding diaryl/α,β-unsaturated/α-hetero) is 1. The van der Waals surface area contributed by atoms with Gasteiger partial charge in [0.25, 0.3) is 0 Å². The maximum Gasteiger partial charge on any atom is 0.339 e. The summed E-state index contributed by atoms with van der Waals surface area (Å²) in [6.07, 6.45) is 14.2. The predicted octanol–water partition coefficient (Wildman–Crippen LogP) is 3.47. The number of nitrogens with two attached hydrogens (primary N) is 4. The zero-order valence-electron chi connectivity index (χ0n) is 23.3. The molecule has 1 amide bonds. The lowest BCUT2D eigenvalue weighted by atomic mass is 9.83. The molecule has 9 N–H and O–H groups in total. The summed E-state index contributed by atoms with van der Waals surface area (Å²) in [5.41, 5.74) is 20.6. The molecule has 2 atom stereocenters. The number of carbonyl (C=O) groups is 3. The maximum atomic E-state index is 13.4.